The summed E-state index contributed by atoms with van der Waals surface area (Å²) in [6.45, 7) is 4.35. The molecule has 0 aliphatic rings. The molecule has 5 nitrogen and oxygen atoms in total. The predicted octanol–water partition coefficient (Wildman–Crippen LogP) is 5.59. The minimum atomic E-state index is -0.588. The molecule has 1 aromatic heterocycles. The third kappa shape index (κ3) is 4.79. The fourth-order valence-electron chi connectivity index (χ4n) is 3.27. The second kappa shape index (κ2) is 10.4. The first-order valence-electron chi connectivity index (χ1n) is 10.2. The van der Waals surface area contributed by atoms with Crippen LogP contribution in [0.1, 0.15) is 70.2 Å². The highest BCUT2D eigenvalue weighted by atomic mass is 16.5. The van der Waals surface area contributed by atoms with E-state index in [1.54, 1.807) is 0 Å². The van der Waals surface area contributed by atoms with E-state index in [-0.39, 0.29) is 30.3 Å². The Morgan fingerprint density at radius 2 is 1.30 bits per heavy atom. The zero-order valence-corrected chi connectivity index (χ0v) is 17.3. The highest BCUT2D eigenvalue weighted by molar-refractivity contribution is 6.04. The van der Waals surface area contributed by atoms with E-state index in [0.29, 0.717) is 18.6 Å². The number of rotatable bonds is 9. The number of ether oxygens (including phenoxy) is 2. The molecule has 0 unspecified atom stereocenters. The van der Waals surface area contributed by atoms with Crippen LogP contribution < -0.4 is 0 Å². The van der Waals surface area contributed by atoms with E-state index in [0.717, 1.165) is 11.1 Å². The molecule has 30 heavy (non-hydrogen) atoms. The summed E-state index contributed by atoms with van der Waals surface area (Å²) in [5, 5.41) is 0. The Hall–Kier alpha value is -3.34. The van der Waals surface area contributed by atoms with E-state index in [4.69, 9.17) is 13.9 Å². The maximum absolute atomic E-state index is 13.0. The van der Waals surface area contributed by atoms with Crippen LogP contribution in [0.4, 0.5) is 0 Å². The Bertz CT molecular complexity index is 920. The van der Waals surface area contributed by atoms with Crippen LogP contribution >= 0.6 is 0 Å². The van der Waals surface area contributed by atoms with Gasteiger partial charge in [-0.2, -0.15) is 0 Å². The summed E-state index contributed by atoms with van der Waals surface area (Å²) in [4.78, 5) is 25.6. The monoisotopic (exact) mass is 406 g/mol. The van der Waals surface area contributed by atoms with E-state index < -0.39 is 11.9 Å². The number of furan rings is 1. The van der Waals surface area contributed by atoms with E-state index in [1.807, 2.05) is 74.5 Å². The first-order chi connectivity index (χ1) is 14.7. The number of esters is 2. The summed E-state index contributed by atoms with van der Waals surface area (Å²) < 4.78 is 16.5. The first-order valence-corrected chi connectivity index (χ1v) is 10.2. The fourth-order valence-corrected chi connectivity index (χ4v) is 3.27. The molecule has 0 aliphatic carbocycles. The topological polar surface area (TPSA) is 65.7 Å². The average Bonchev–Trinajstić information content (AvgIpc) is 3.22. The van der Waals surface area contributed by atoms with Crippen LogP contribution in [-0.2, 0) is 9.47 Å². The Labute approximate surface area is 176 Å². The molecular weight excluding hydrogens is 380 g/mol. The number of hydrogen-bond donors (Lipinski definition) is 0. The third-order valence-electron chi connectivity index (χ3n) is 4.65. The number of carbonyl (C=O) groups is 2. The van der Waals surface area contributed by atoms with Gasteiger partial charge in [0.1, 0.15) is 23.2 Å². The van der Waals surface area contributed by atoms with E-state index in [9.17, 15) is 9.59 Å². The summed E-state index contributed by atoms with van der Waals surface area (Å²) in [7, 11) is 0. The van der Waals surface area contributed by atoms with Gasteiger partial charge in [-0.1, -0.05) is 74.5 Å². The van der Waals surface area contributed by atoms with Crippen LogP contribution in [0, 0.1) is 0 Å². The molecule has 3 rings (SSSR count). The second-order valence-corrected chi connectivity index (χ2v) is 6.91. The zero-order chi connectivity index (χ0) is 21.3. The third-order valence-corrected chi connectivity index (χ3v) is 4.65. The van der Waals surface area contributed by atoms with Crippen molar-refractivity contribution in [2.45, 2.75) is 32.6 Å². The molecule has 1 heterocycles. The molecule has 0 saturated carbocycles. The number of benzene rings is 2. The van der Waals surface area contributed by atoms with Crippen LogP contribution in [0.5, 0.6) is 0 Å². The number of hydrogen-bond acceptors (Lipinski definition) is 5. The molecule has 0 fully saturated rings. The molecule has 0 amide bonds. The Morgan fingerprint density at radius 1 is 0.800 bits per heavy atom. The minimum absolute atomic E-state index is 0.0939. The highest BCUT2D eigenvalue weighted by Crippen LogP contribution is 2.36. The highest BCUT2D eigenvalue weighted by Gasteiger charge is 2.33. The van der Waals surface area contributed by atoms with Crippen LogP contribution in [0.2, 0.25) is 0 Å². The lowest BCUT2D eigenvalue weighted by Gasteiger charge is -2.17. The SMILES string of the molecule is CCCOC(=O)c1coc(C(c2ccccc2)c2ccccc2)c1C(=O)OCCC. The second-order valence-electron chi connectivity index (χ2n) is 6.91. The molecule has 0 N–H and O–H groups in total. The van der Waals surface area contributed by atoms with Gasteiger partial charge in [-0.3, -0.25) is 0 Å². The molecular formula is C25H26O5. The molecule has 5 heteroatoms. The van der Waals surface area contributed by atoms with Crippen molar-refractivity contribution in [2.24, 2.45) is 0 Å². The summed E-state index contributed by atoms with van der Waals surface area (Å²) in [6.07, 6.45) is 2.66. The van der Waals surface area contributed by atoms with Crippen LogP contribution in [0.15, 0.2) is 71.3 Å². The normalized spacial score (nSPS) is 10.8. The summed E-state index contributed by atoms with van der Waals surface area (Å²) in [5.41, 5.74) is 2.10. The van der Waals surface area contributed by atoms with Gasteiger partial charge in [0.25, 0.3) is 0 Å². The van der Waals surface area contributed by atoms with Gasteiger partial charge in [0, 0.05) is 0 Å². The van der Waals surface area contributed by atoms with Gasteiger partial charge in [0.2, 0.25) is 0 Å². The van der Waals surface area contributed by atoms with Gasteiger partial charge in [-0.05, 0) is 24.0 Å². The minimum Gasteiger partial charge on any atom is -0.466 e. The number of carbonyl (C=O) groups excluding carboxylic acids is 2. The van der Waals surface area contributed by atoms with Crippen molar-refractivity contribution in [3.8, 4) is 0 Å². The van der Waals surface area contributed by atoms with Crippen LogP contribution in [0.25, 0.3) is 0 Å². The van der Waals surface area contributed by atoms with E-state index >= 15 is 0 Å². The van der Waals surface area contributed by atoms with Gasteiger partial charge >= 0.3 is 11.9 Å². The molecule has 0 spiro atoms. The molecule has 0 radical (unpaired) electrons. The summed E-state index contributed by atoms with van der Waals surface area (Å²) >= 11 is 0. The van der Waals surface area contributed by atoms with Crippen molar-refractivity contribution in [3.63, 3.8) is 0 Å². The van der Waals surface area contributed by atoms with Gasteiger partial charge < -0.3 is 13.9 Å². The standard InChI is InChI=1S/C25H26O5/c1-3-15-28-24(26)20-17-30-23(22(20)25(27)29-16-4-2)21(18-11-7-5-8-12-18)19-13-9-6-10-14-19/h5-14,17,21H,3-4,15-16H2,1-2H3. The maximum Gasteiger partial charge on any atom is 0.342 e. The van der Waals surface area contributed by atoms with E-state index in [1.165, 1.54) is 6.26 Å². The molecule has 0 saturated heterocycles. The average molecular weight is 406 g/mol. The quantitative estimate of drug-likeness (QED) is 0.433. The summed E-state index contributed by atoms with van der Waals surface area (Å²) in [5.74, 6) is -1.17. The van der Waals surface area contributed by atoms with Crippen molar-refractivity contribution in [3.05, 3.63) is 94.9 Å². The van der Waals surface area contributed by atoms with Gasteiger partial charge in [-0.15, -0.1) is 0 Å². The zero-order valence-electron chi connectivity index (χ0n) is 17.3. The molecule has 0 atom stereocenters. The molecule has 2 aromatic carbocycles. The van der Waals surface area contributed by atoms with Crippen molar-refractivity contribution >= 4 is 11.9 Å². The van der Waals surface area contributed by atoms with Gasteiger partial charge in [-0.25, -0.2) is 9.59 Å². The first kappa shape index (κ1) is 21.4. The van der Waals surface area contributed by atoms with Crippen molar-refractivity contribution in [1.29, 1.82) is 0 Å². The molecule has 0 bridgehead atoms. The smallest absolute Gasteiger partial charge is 0.342 e. The molecule has 156 valence electrons. The van der Waals surface area contributed by atoms with Gasteiger partial charge in [0.05, 0.1) is 19.1 Å². The maximum atomic E-state index is 13.0. The molecule has 0 aliphatic heterocycles. The predicted molar refractivity (Wildman–Crippen MR) is 114 cm³/mol. The van der Waals surface area contributed by atoms with Gasteiger partial charge in [0.15, 0.2) is 0 Å². The fraction of sp³-hybridized carbons (Fsp3) is 0.280. The van der Waals surface area contributed by atoms with E-state index in [2.05, 4.69) is 0 Å². The van der Waals surface area contributed by atoms with Crippen molar-refractivity contribution < 1.29 is 23.5 Å². The summed E-state index contributed by atoms with van der Waals surface area (Å²) in [6, 6.07) is 19.5. The largest absolute Gasteiger partial charge is 0.466 e. The Kier molecular flexibility index (Phi) is 7.44. The Morgan fingerprint density at radius 3 is 1.80 bits per heavy atom. The van der Waals surface area contributed by atoms with Crippen molar-refractivity contribution in [2.75, 3.05) is 13.2 Å². The Balaban J connectivity index is 2.14. The lowest BCUT2D eigenvalue weighted by molar-refractivity contribution is 0.0458. The van der Waals surface area contributed by atoms with Crippen LogP contribution in [0.3, 0.4) is 0 Å². The lowest BCUT2D eigenvalue weighted by atomic mass is 9.87. The molecule has 3 aromatic rings. The lowest BCUT2D eigenvalue weighted by Crippen LogP contribution is -2.16. The van der Waals surface area contributed by atoms with Crippen LogP contribution in [-0.4, -0.2) is 25.2 Å². The van der Waals surface area contributed by atoms with Crippen molar-refractivity contribution in [1.82, 2.24) is 0 Å².